The van der Waals surface area contributed by atoms with Crippen LogP contribution >= 0.6 is 0 Å². The summed E-state index contributed by atoms with van der Waals surface area (Å²) in [7, 11) is 0. The van der Waals surface area contributed by atoms with Crippen molar-refractivity contribution >= 4 is 0 Å². The van der Waals surface area contributed by atoms with Crippen molar-refractivity contribution in [3.8, 4) is 0 Å². The molecule has 0 aliphatic heterocycles. The number of allylic oxidation sites excluding steroid dienone is 2. The fourth-order valence-corrected chi connectivity index (χ4v) is 3.79. The second-order valence-electron chi connectivity index (χ2n) is 6.88. The second kappa shape index (κ2) is 3.87. The van der Waals surface area contributed by atoms with Gasteiger partial charge in [-0.2, -0.15) is 0 Å². The molecule has 0 unspecified atom stereocenters. The van der Waals surface area contributed by atoms with Crippen molar-refractivity contribution in [2.75, 3.05) is 0 Å². The van der Waals surface area contributed by atoms with Gasteiger partial charge >= 0.3 is 0 Å². The Labute approximate surface area is 99.9 Å². The molecular formula is C15H26O. The lowest BCUT2D eigenvalue weighted by Gasteiger charge is -2.44. The zero-order valence-electron chi connectivity index (χ0n) is 11.2. The highest BCUT2D eigenvalue weighted by molar-refractivity contribution is 5.14. The maximum Gasteiger partial charge on any atom is 0.0653 e. The zero-order chi connectivity index (χ0) is 12.0. The summed E-state index contributed by atoms with van der Waals surface area (Å²) in [5, 5.41) is 10.6. The third-order valence-corrected chi connectivity index (χ3v) is 4.95. The first-order valence-electron chi connectivity index (χ1n) is 6.73. The van der Waals surface area contributed by atoms with Crippen LogP contribution in [0.2, 0.25) is 0 Å². The van der Waals surface area contributed by atoms with E-state index in [1.165, 1.54) is 31.3 Å². The first kappa shape index (κ1) is 12.2. The van der Waals surface area contributed by atoms with E-state index in [1.807, 2.05) is 0 Å². The quantitative estimate of drug-likeness (QED) is 0.616. The van der Waals surface area contributed by atoms with E-state index in [1.54, 1.807) is 0 Å². The van der Waals surface area contributed by atoms with Gasteiger partial charge in [0.05, 0.1) is 5.60 Å². The van der Waals surface area contributed by atoms with E-state index >= 15 is 0 Å². The number of fused-ring (bicyclic) bond motifs is 1. The van der Waals surface area contributed by atoms with Crippen LogP contribution in [-0.2, 0) is 0 Å². The molecule has 1 fully saturated rings. The van der Waals surface area contributed by atoms with E-state index < -0.39 is 5.60 Å². The van der Waals surface area contributed by atoms with Gasteiger partial charge in [0, 0.05) is 0 Å². The molecule has 1 N–H and O–H groups in total. The minimum absolute atomic E-state index is 0.354. The number of aliphatic hydroxyl groups is 1. The van der Waals surface area contributed by atoms with E-state index in [4.69, 9.17) is 0 Å². The van der Waals surface area contributed by atoms with Crippen LogP contribution in [0, 0.1) is 17.3 Å². The van der Waals surface area contributed by atoms with Gasteiger partial charge in [-0.1, -0.05) is 31.9 Å². The predicted molar refractivity (Wildman–Crippen MR) is 68.2 cm³/mol. The van der Waals surface area contributed by atoms with Crippen molar-refractivity contribution < 1.29 is 5.11 Å². The first-order chi connectivity index (χ1) is 7.33. The van der Waals surface area contributed by atoms with Crippen molar-refractivity contribution in [2.45, 2.75) is 65.4 Å². The van der Waals surface area contributed by atoms with Gasteiger partial charge in [-0.3, -0.25) is 0 Å². The molecule has 16 heavy (non-hydrogen) atoms. The Morgan fingerprint density at radius 1 is 1.25 bits per heavy atom. The number of rotatable bonds is 0. The average Bonchev–Trinajstić information content (AvgIpc) is 2.23. The second-order valence-corrected chi connectivity index (χ2v) is 6.88. The van der Waals surface area contributed by atoms with Crippen LogP contribution < -0.4 is 0 Å². The van der Waals surface area contributed by atoms with E-state index in [0.717, 1.165) is 6.42 Å². The van der Waals surface area contributed by atoms with E-state index in [0.29, 0.717) is 17.3 Å². The van der Waals surface area contributed by atoms with Crippen LogP contribution in [0.25, 0.3) is 0 Å². The fraction of sp³-hybridized carbons (Fsp3) is 0.867. The molecule has 0 spiro atoms. The molecule has 1 saturated carbocycles. The Morgan fingerprint density at radius 3 is 2.62 bits per heavy atom. The molecule has 2 rings (SSSR count). The summed E-state index contributed by atoms with van der Waals surface area (Å²) in [6.07, 6.45) is 8.18. The highest BCUT2D eigenvalue weighted by atomic mass is 16.3. The van der Waals surface area contributed by atoms with E-state index in [9.17, 15) is 5.11 Å². The molecular weight excluding hydrogens is 196 g/mol. The number of hydrogen-bond donors (Lipinski definition) is 1. The Balaban J connectivity index is 2.37. The highest BCUT2D eigenvalue weighted by Crippen LogP contribution is 2.51. The van der Waals surface area contributed by atoms with Gasteiger partial charge < -0.3 is 5.11 Å². The molecule has 92 valence electrons. The molecule has 2 aliphatic carbocycles. The Bertz CT molecular complexity index is 299. The molecule has 3 atom stereocenters. The molecule has 0 aromatic rings. The van der Waals surface area contributed by atoms with Gasteiger partial charge in [0.15, 0.2) is 0 Å². The largest absolute Gasteiger partial charge is 0.390 e. The lowest BCUT2D eigenvalue weighted by atomic mass is 9.63. The highest BCUT2D eigenvalue weighted by Gasteiger charge is 2.46. The molecule has 2 aliphatic rings. The van der Waals surface area contributed by atoms with Crippen LogP contribution in [0.1, 0.15) is 59.8 Å². The van der Waals surface area contributed by atoms with Gasteiger partial charge in [0.1, 0.15) is 0 Å². The first-order valence-corrected chi connectivity index (χ1v) is 6.73. The lowest BCUT2D eigenvalue weighted by Crippen LogP contribution is -2.42. The monoisotopic (exact) mass is 222 g/mol. The summed E-state index contributed by atoms with van der Waals surface area (Å²) in [6.45, 7) is 9.05. The van der Waals surface area contributed by atoms with E-state index in [-0.39, 0.29) is 0 Å². The summed E-state index contributed by atoms with van der Waals surface area (Å²) >= 11 is 0. The van der Waals surface area contributed by atoms with Gasteiger partial charge in [0.25, 0.3) is 0 Å². The molecule has 0 aromatic heterocycles. The normalized spacial score (nSPS) is 43.2. The van der Waals surface area contributed by atoms with Crippen LogP contribution in [0.5, 0.6) is 0 Å². The SMILES string of the molecule is CC1=C[C@@H]2[C@H](CC1)[C@](C)(O)CCCC2(C)C. The smallest absolute Gasteiger partial charge is 0.0653 e. The average molecular weight is 222 g/mol. The maximum absolute atomic E-state index is 10.6. The molecule has 0 aromatic carbocycles. The van der Waals surface area contributed by atoms with Gasteiger partial charge in [-0.15, -0.1) is 0 Å². The molecule has 0 radical (unpaired) electrons. The van der Waals surface area contributed by atoms with Crippen molar-refractivity contribution in [3.05, 3.63) is 11.6 Å². The molecule has 1 heteroatoms. The standard InChI is InChI=1S/C15H26O/c1-11-6-7-12-13(10-11)14(2,3)8-5-9-15(12,4)16/h10,12-13,16H,5-9H2,1-4H3/t12-,13+,15+/m0/s1. The minimum atomic E-state index is -0.449. The summed E-state index contributed by atoms with van der Waals surface area (Å²) in [6, 6.07) is 0. The molecule has 0 bridgehead atoms. The Kier molecular flexibility index (Phi) is 2.94. The third-order valence-electron chi connectivity index (χ3n) is 4.95. The van der Waals surface area contributed by atoms with Crippen molar-refractivity contribution in [3.63, 3.8) is 0 Å². The molecule has 0 heterocycles. The van der Waals surface area contributed by atoms with Crippen LogP contribution in [0.3, 0.4) is 0 Å². The topological polar surface area (TPSA) is 20.2 Å². The summed E-state index contributed by atoms with van der Waals surface area (Å²) in [5.74, 6) is 1.03. The van der Waals surface area contributed by atoms with Crippen LogP contribution in [0.4, 0.5) is 0 Å². The third kappa shape index (κ3) is 2.07. The Morgan fingerprint density at radius 2 is 1.94 bits per heavy atom. The van der Waals surface area contributed by atoms with Gasteiger partial charge in [-0.05, 0) is 56.8 Å². The zero-order valence-corrected chi connectivity index (χ0v) is 11.2. The van der Waals surface area contributed by atoms with Crippen molar-refractivity contribution in [1.82, 2.24) is 0 Å². The minimum Gasteiger partial charge on any atom is -0.390 e. The molecule has 1 nitrogen and oxygen atoms in total. The molecule has 0 amide bonds. The number of hydrogen-bond acceptors (Lipinski definition) is 1. The summed E-state index contributed by atoms with van der Waals surface area (Å²) in [4.78, 5) is 0. The van der Waals surface area contributed by atoms with Gasteiger partial charge in [-0.25, -0.2) is 0 Å². The Hall–Kier alpha value is -0.300. The van der Waals surface area contributed by atoms with Gasteiger partial charge in [0.2, 0.25) is 0 Å². The lowest BCUT2D eigenvalue weighted by molar-refractivity contribution is -0.0380. The predicted octanol–water partition coefficient (Wildman–Crippen LogP) is 3.92. The fourth-order valence-electron chi connectivity index (χ4n) is 3.79. The van der Waals surface area contributed by atoms with Crippen LogP contribution in [0.15, 0.2) is 11.6 Å². The van der Waals surface area contributed by atoms with Crippen molar-refractivity contribution in [1.29, 1.82) is 0 Å². The summed E-state index contributed by atoms with van der Waals surface area (Å²) < 4.78 is 0. The maximum atomic E-state index is 10.6. The van der Waals surface area contributed by atoms with Crippen LogP contribution in [-0.4, -0.2) is 10.7 Å². The summed E-state index contributed by atoms with van der Waals surface area (Å²) in [5.41, 5.74) is 1.43. The van der Waals surface area contributed by atoms with Crippen molar-refractivity contribution in [2.24, 2.45) is 17.3 Å². The molecule has 0 saturated heterocycles. The van der Waals surface area contributed by atoms with E-state index in [2.05, 4.69) is 33.8 Å².